The number of anilines is 2. The van der Waals surface area contributed by atoms with Crippen molar-refractivity contribution in [3.05, 3.63) is 11.9 Å². The highest BCUT2D eigenvalue weighted by atomic mass is 15.1. The second-order valence-electron chi connectivity index (χ2n) is 6.09. The van der Waals surface area contributed by atoms with Gasteiger partial charge in [-0.2, -0.15) is 0 Å². The summed E-state index contributed by atoms with van der Waals surface area (Å²) in [5.74, 6) is 3.14. The lowest BCUT2D eigenvalue weighted by Crippen LogP contribution is -2.31. The minimum atomic E-state index is 0.517. The summed E-state index contributed by atoms with van der Waals surface area (Å²) in [7, 11) is 0. The van der Waals surface area contributed by atoms with Gasteiger partial charge in [-0.25, -0.2) is 9.97 Å². The van der Waals surface area contributed by atoms with Gasteiger partial charge in [0.15, 0.2) is 0 Å². The summed E-state index contributed by atoms with van der Waals surface area (Å²) < 4.78 is 0. The molecule has 2 rings (SSSR count). The van der Waals surface area contributed by atoms with Gasteiger partial charge >= 0.3 is 0 Å². The maximum atomic E-state index is 5.98. The molecule has 1 aromatic rings. The Balaban J connectivity index is 2.12. The van der Waals surface area contributed by atoms with Gasteiger partial charge < -0.3 is 11.1 Å². The number of rotatable bonds is 4. The molecule has 0 radical (unpaired) electrons. The second kappa shape index (κ2) is 6.22. The van der Waals surface area contributed by atoms with Crippen LogP contribution in [-0.2, 0) is 6.42 Å². The molecule has 3 N–H and O–H groups in total. The first kappa shape index (κ1) is 14.1. The van der Waals surface area contributed by atoms with Crippen LogP contribution in [0.5, 0.6) is 0 Å². The third-order valence-corrected chi connectivity index (χ3v) is 4.00. The fourth-order valence-corrected chi connectivity index (χ4v) is 3.30. The van der Waals surface area contributed by atoms with Crippen molar-refractivity contribution in [3.63, 3.8) is 0 Å². The molecule has 0 aliphatic heterocycles. The molecule has 19 heavy (non-hydrogen) atoms. The molecule has 4 nitrogen and oxygen atoms in total. The summed E-state index contributed by atoms with van der Waals surface area (Å²) >= 11 is 0. The quantitative estimate of drug-likeness (QED) is 0.874. The predicted molar refractivity (Wildman–Crippen MR) is 80.0 cm³/mol. The van der Waals surface area contributed by atoms with Crippen LogP contribution in [0.1, 0.15) is 52.0 Å². The minimum Gasteiger partial charge on any atom is -0.383 e. The molecule has 2 atom stereocenters. The van der Waals surface area contributed by atoms with Gasteiger partial charge in [-0.15, -0.1) is 0 Å². The monoisotopic (exact) mass is 262 g/mol. The van der Waals surface area contributed by atoms with E-state index in [0.717, 1.165) is 36.1 Å². The van der Waals surface area contributed by atoms with Crippen LogP contribution in [0.25, 0.3) is 0 Å². The van der Waals surface area contributed by atoms with E-state index in [1.54, 1.807) is 6.33 Å². The summed E-state index contributed by atoms with van der Waals surface area (Å²) in [6.07, 6.45) is 7.34. The van der Waals surface area contributed by atoms with Crippen molar-refractivity contribution in [1.82, 2.24) is 9.97 Å². The molecule has 1 aliphatic rings. The van der Waals surface area contributed by atoms with Crippen LogP contribution in [0.3, 0.4) is 0 Å². The van der Waals surface area contributed by atoms with Crippen molar-refractivity contribution >= 4 is 11.6 Å². The molecule has 2 unspecified atom stereocenters. The lowest BCUT2D eigenvalue weighted by Gasteiger charge is -2.32. The number of nitrogens with one attached hydrogen (secondary N) is 1. The first-order valence-electron chi connectivity index (χ1n) is 7.46. The fraction of sp³-hybridized carbons (Fsp3) is 0.733. The van der Waals surface area contributed by atoms with E-state index in [2.05, 4.69) is 36.1 Å². The summed E-state index contributed by atoms with van der Waals surface area (Å²) in [5.41, 5.74) is 7.06. The Kier molecular flexibility index (Phi) is 4.61. The number of nitrogen functional groups attached to an aromatic ring is 1. The Bertz CT molecular complexity index is 409. The van der Waals surface area contributed by atoms with Gasteiger partial charge in [-0.05, 0) is 37.5 Å². The lowest BCUT2D eigenvalue weighted by molar-refractivity contribution is 0.280. The van der Waals surface area contributed by atoms with E-state index in [0.29, 0.717) is 11.9 Å². The van der Waals surface area contributed by atoms with Crippen LogP contribution in [0.4, 0.5) is 11.6 Å². The summed E-state index contributed by atoms with van der Waals surface area (Å²) in [6, 6.07) is 0.517. The van der Waals surface area contributed by atoms with E-state index in [1.807, 2.05) is 0 Å². The van der Waals surface area contributed by atoms with Crippen molar-refractivity contribution in [1.29, 1.82) is 0 Å². The molecule has 0 bridgehead atoms. The van der Waals surface area contributed by atoms with Crippen LogP contribution >= 0.6 is 0 Å². The maximum Gasteiger partial charge on any atom is 0.134 e. The normalized spacial score (nSPS) is 27.2. The van der Waals surface area contributed by atoms with E-state index in [4.69, 9.17) is 5.73 Å². The van der Waals surface area contributed by atoms with Gasteiger partial charge in [-0.1, -0.05) is 27.2 Å². The zero-order valence-electron chi connectivity index (χ0n) is 12.3. The first-order chi connectivity index (χ1) is 9.10. The van der Waals surface area contributed by atoms with Crippen molar-refractivity contribution in [2.75, 3.05) is 11.1 Å². The smallest absolute Gasteiger partial charge is 0.134 e. The highest BCUT2D eigenvalue weighted by Gasteiger charge is 2.24. The van der Waals surface area contributed by atoms with E-state index in [1.165, 1.54) is 19.3 Å². The molecule has 1 heterocycles. The third kappa shape index (κ3) is 3.58. The predicted octanol–water partition coefficient (Wildman–Crippen LogP) is 3.25. The van der Waals surface area contributed by atoms with Crippen molar-refractivity contribution < 1.29 is 0 Å². The van der Waals surface area contributed by atoms with E-state index in [9.17, 15) is 0 Å². The zero-order chi connectivity index (χ0) is 13.8. The van der Waals surface area contributed by atoms with Gasteiger partial charge in [0.2, 0.25) is 0 Å². The largest absolute Gasteiger partial charge is 0.383 e. The van der Waals surface area contributed by atoms with E-state index < -0.39 is 0 Å². The molecule has 4 heteroatoms. The summed E-state index contributed by atoms with van der Waals surface area (Å²) in [6.45, 7) is 6.83. The SMILES string of the molecule is CCCc1c(N)ncnc1NC1CC(C)CC(C)C1. The molecule has 1 aliphatic carbocycles. The number of hydrogen-bond acceptors (Lipinski definition) is 4. The van der Waals surface area contributed by atoms with Crippen molar-refractivity contribution in [2.24, 2.45) is 11.8 Å². The third-order valence-electron chi connectivity index (χ3n) is 4.00. The fourth-order valence-electron chi connectivity index (χ4n) is 3.30. The van der Waals surface area contributed by atoms with Crippen LogP contribution in [0, 0.1) is 11.8 Å². The van der Waals surface area contributed by atoms with Gasteiger partial charge in [0.25, 0.3) is 0 Å². The highest BCUT2D eigenvalue weighted by Crippen LogP contribution is 2.31. The van der Waals surface area contributed by atoms with Crippen molar-refractivity contribution in [3.8, 4) is 0 Å². The number of nitrogens with zero attached hydrogens (tertiary/aromatic N) is 2. The first-order valence-corrected chi connectivity index (χ1v) is 7.46. The Morgan fingerprint density at radius 2 is 1.89 bits per heavy atom. The molecule has 1 aromatic heterocycles. The molecule has 1 fully saturated rings. The maximum absolute atomic E-state index is 5.98. The Hall–Kier alpha value is -1.32. The van der Waals surface area contributed by atoms with Gasteiger partial charge in [-0.3, -0.25) is 0 Å². The van der Waals surface area contributed by atoms with Crippen LogP contribution < -0.4 is 11.1 Å². The number of aromatic nitrogens is 2. The Morgan fingerprint density at radius 1 is 1.21 bits per heavy atom. The standard InChI is InChI=1S/C15H26N4/c1-4-5-13-14(16)17-9-18-15(13)19-12-7-10(2)6-11(3)8-12/h9-12H,4-8H2,1-3H3,(H3,16,17,18,19). The van der Waals surface area contributed by atoms with E-state index >= 15 is 0 Å². The number of hydrogen-bond donors (Lipinski definition) is 2. The molecule has 106 valence electrons. The van der Waals surface area contributed by atoms with Crippen LogP contribution in [0.2, 0.25) is 0 Å². The average molecular weight is 262 g/mol. The second-order valence-corrected chi connectivity index (χ2v) is 6.09. The van der Waals surface area contributed by atoms with E-state index in [-0.39, 0.29) is 0 Å². The molecule has 0 amide bonds. The summed E-state index contributed by atoms with van der Waals surface area (Å²) in [5, 5.41) is 3.60. The molecule has 0 spiro atoms. The van der Waals surface area contributed by atoms with Gasteiger partial charge in [0.1, 0.15) is 18.0 Å². The zero-order valence-corrected chi connectivity index (χ0v) is 12.3. The topological polar surface area (TPSA) is 63.8 Å². The Labute approximate surface area is 116 Å². The van der Waals surface area contributed by atoms with Crippen LogP contribution in [0.15, 0.2) is 6.33 Å². The molecule has 0 saturated heterocycles. The van der Waals surface area contributed by atoms with Crippen LogP contribution in [-0.4, -0.2) is 16.0 Å². The average Bonchev–Trinajstić information content (AvgIpc) is 2.32. The minimum absolute atomic E-state index is 0.517. The van der Waals surface area contributed by atoms with Gasteiger partial charge in [0.05, 0.1) is 0 Å². The highest BCUT2D eigenvalue weighted by molar-refractivity contribution is 5.55. The van der Waals surface area contributed by atoms with Gasteiger partial charge in [0, 0.05) is 11.6 Å². The van der Waals surface area contributed by atoms with Crippen molar-refractivity contribution in [2.45, 2.75) is 58.9 Å². The Morgan fingerprint density at radius 3 is 2.53 bits per heavy atom. The molecular weight excluding hydrogens is 236 g/mol. The molecular formula is C15H26N4. The molecule has 1 saturated carbocycles. The lowest BCUT2D eigenvalue weighted by atomic mass is 9.80. The number of nitrogens with two attached hydrogens (primary N) is 1. The summed E-state index contributed by atoms with van der Waals surface area (Å²) in [4.78, 5) is 8.51. The molecule has 0 aromatic carbocycles.